The van der Waals surface area contributed by atoms with Crippen LogP contribution >= 0.6 is 0 Å². The molecular formula is C19H20N6O3. The summed E-state index contributed by atoms with van der Waals surface area (Å²) in [6, 6.07) is 8.66. The Bertz CT molecular complexity index is 1100. The molecule has 9 nitrogen and oxygen atoms in total. The van der Waals surface area contributed by atoms with Gasteiger partial charge >= 0.3 is 5.69 Å². The molecule has 28 heavy (non-hydrogen) atoms. The van der Waals surface area contributed by atoms with E-state index in [0.717, 1.165) is 0 Å². The van der Waals surface area contributed by atoms with Crippen LogP contribution in [0.1, 0.15) is 6.42 Å². The number of aromatic amines is 1. The van der Waals surface area contributed by atoms with Crippen molar-refractivity contribution in [2.75, 3.05) is 31.1 Å². The van der Waals surface area contributed by atoms with Crippen LogP contribution in [-0.4, -0.2) is 56.5 Å². The second kappa shape index (κ2) is 7.63. The molecule has 2 aromatic heterocycles. The summed E-state index contributed by atoms with van der Waals surface area (Å²) in [6.07, 6.45) is 3.59. The molecule has 1 aliphatic rings. The van der Waals surface area contributed by atoms with Crippen molar-refractivity contribution in [1.82, 2.24) is 24.4 Å². The Labute approximate surface area is 160 Å². The number of aromatic nitrogens is 4. The molecule has 3 aromatic rings. The van der Waals surface area contributed by atoms with E-state index in [1.54, 1.807) is 47.6 Å². The van der Waals surface area contributed by atoms with Crippen LogP contribution in [0.5, 0.6) is 0 Å². The fraction of sp³-hybridized carbons (Fsp3) is 0.316. The molecule has 0 radical (unpaired) electrons. The molecule has 3 heterocycles. The van der Waals surface area contributed by atoms with E-state index in [1.807, 2.05) is 4.90 Å². The van der Waals surface area contributed by atoms with Crippen molar-refractivity contribution in [1.29, 1.82) is 0 Å². The van der Waals surface area contributed by atoms with Gasteiger partial charge in [0.2, 0.25) is 11.9 Å². The maximum atomic E-state index is 12.6. The fourth-order valence-electron chi connectivity index (χ4n) is 3.44. The minimum atomic E-state index is -0.498. The molecule has 0 aliphatic carbocycles. The van der Waals surface area contributed by atoms with Gasteiger partial charge in [0, 0.05) is 51.5 Å². The van der Waals surface area contributed by atoms with E-state index >= 15 is 0 Å². The van der Waals surface area contributed by atoms with Crippen molar-refractivity contribution in [2.24, 2.45) is 0 Å². The lowest BCUT2D eigenvalue weighted by molar-refractivity contribution is -0.131. The molecule has 1 amide bonds. The lowest BCUT2D eigenvalue weighted by Crippen LogP contribution is -2.49. The molecule has 1 fully saturated rings. The second-order valence-corrected chi connectivity index (χ2v) is 6.59. The molecule has 0 saturated carbocycles. The third-order valence-corrected chi connectivity index (χ3v) is 4.92. The average Bonchev–Trinajstić information content (AvgIpc) is 2.74. The summed E-state index contributed by atoms with van der Waals surface area (Å²) in [7, 11) is 0. The summed E-state index contributed by atoms with van der Waals surface area (Å²) < 4.78 is 1.45. The molecule has 9 heteroatoms. The van der Waals surface area contributed by atoms with Gasteiger partial charge in [-0.2, -0.15) is 0 Å². The third kappa shape index (κ3) is 3.51. The summed E-state index contributed by atoms with van der Waals surface area (Å²) in [4.78, 5) is 51.4. The number of carbonyl (C=O) groups excluding carboxylic acids is 1. The van der Waals surface area contributed by atoms with Crippen molar-refractivity contribution < 1.29 is 4.79 Å². The van der Waals surface area contributed by atoms with Crippen LogP contribution in [0.15, 0.2) is 52.3 Å². The number of para-hydroxylation sites is 1. The van der Waals surface area contributed by atoms with Gasteiger partial charge in [0.15, 0.2) is 0 Å². The largest absolute Gasteiger partial charge is 0.339 e. The molecule has 1 aromatic carbocycles. The Morgan fingerprint density at radius 2 is 1.71 bits per heavy atom. The van der Waals surface area contributed by atoms with Crippen LogP contribution in [-0.2, 0) is 11.3 Å². The number of nitrogens with one attached hydrogen (secondary N) is 1. The maximum Gasteiger partial charge on any atom is 0.328 e. The molecule has 4 rings (SSSR count). The van der Waals surface area contributed by atoms with Gasteiger partial charge in [0.1, 0.15) is 0 Å². The monoisotopic (exact) mass is 380 g/mol. The quantitative estimate of drug-likeness (QED) is 0.694. The van der Waals surface area contributed by atoms with E-state index in [4.69, 9.17) is 0 Å². The molecule has 1 saturated heterocycles. The van der Waals surface area contributed by atoms with Crippen molar-refractivity contribution in [2.45, 2.75) is 13.0 Å². The van der Waals surface area contributed by atoms with Crippen LogP contribution in [0.2, 0.25) is 0 Å². The molecule has 144 valence electrons. The van der Waals surface area contributed by atoms with Crippen LogP contribution in [0, 0.1) is 0 Å². The van der Waals surface area contributed by atoms with E-state index in [2.05, 4.69) is 15.0 Å². The van der Waals surface area contributed by atoms with Crippen molar-refractivity contribution in [3.8, 4) is 0 Å². The lowest BCUT2D eigenvalue weighted by atomic mass is 10.2. The Kier molecular flexibility index (Phi) is 4.88. The van der Waals surface area contributed by atoms with E-state index in [1.165, 1.54) is 4.57 Å². The van der Waals surface area contributed by atoms with Gasteiger partial charge < -0.3 is 9.80 Å². The van der Waals surface area contributed by atoms with E-state index in [9.17, 15) is 14.4 Å². The van der Waals surface area contributed by atoms with Gasteiger partial charge in [-0.3, -0.25) is 19.1 Å². The first-order valence-corrected chi connectivity index (χ1v) is 9.15. The number of amides is 1. The number of hydrogen-bond donors (Lipinski definition) is 1. The number of nitrogens with zero attached hydrogens (tertiary/aromatic N) is 5. The number of rotatable bonds is 4. The minimum Gasteiger partial charge on any atom is -0.339 e. The Hall–Kier alpha value is -3.49. The van der Waals surface area contributed by atoms with Gasteiger partial charge in [-0.1, -0.05) is 12.1 Å². The summed E-state index contributed by atoms with van der Waals surface area (Å²) in [6.45, 7) is 2.71. The number of fused-ring (bicyclic) bond motifs is 1. The number of benzene rings is 1. The van der Waals surface area contributed by atoms with Gasteiger partial charge in [-0.05, 0) is 18.2 Å². The molecule has 0 bridgehead atoms. The standard InChI is InChI=1S/C19H20N6O3/c26-16(23-10-12-24(13-11-23)18-20-7-3-8-21-18)6-9-25-15-5-2-1-4-14(15)17(27)22-19(25)28/h1-5,7-8H,6,9-13H2,(H,22,27,28). The molecule has 1 N–H and O–H groups in total. The van der Waals surface area contributed by atoms with Gasteiger partial charge in [-0.15, -0.1) is 0 Å². The summed E-state index contributed by atoms with van der Waals surface area (Å²) in [5.74, 6) is 0.650. The molecular weight excluding hydrogens is 360 g/mol. The van der Waals surface area contributed by atoms with Gasteiger partial charge in [0.05, 0.1) is 10.9 Å². The van der Waals surface area contributed by atoms with E-state index < -0.39 is 11.2 Å². The van der Waals surface area contributed by atoms with Crippen LogP contribution in [0.25, 0.3) is 10.9 Å². The first-order valence-electron chi connectivity index (χ1n) is 9.15. The number of anilines is 1. The fourth-order valence-corrected chi connectivity index (χ4v) is 3.44. The predicted octanol–water partition coefficient (Wildman–Crippen LogP) is 0.219. The predicted molar refractivity (Wildman–Crippen MR) is 104 cm³/mol. The maximum absolute atomic E-state index is 12.6. The number of piperazine rings is 1. The first-order chi connectivity index (χ1) is 13.6. The zero-order chi connectivity index (χ0) is 19.5. The van der Waals surface area contributed by atoms with Crippen LogP contribution in [0.3, 0.4) is 0 Å². The lowest BCUT2D eigenvalue weighted by Gasteiger charge is -2.34. The smallest absolute Gasteiger partial charge is 0.328 e. The highest BCUT2D eigenvalue weighted by molar-refractivity contribution is 5.79. The summed E-state index contributed by atoms with van der Waals surface area (Å²) in [5.41, 5.74) is -0.375. The zero-order valence-electron chi connectivity index (χ0n) is 15.2. The third-order valence-electron chi connectivity index (χ3n) is 4.92. The van der Waals surface area contributed by atoms with Gasteiger partial charge in [-0.25, -0.2) is 14.8 Å². The normalized spacial score (nSPS) is 14.4. The van der Waals surface area contributed by atoms with E-state index in [0.29, 0.717) is 43.0 Å². The SMILES string of the molecule is O=C(CCn1c(=O)[nH]c(=O)c2ccccc21)N1CCN(c2ncccn2)CC1. The highest BCUT2D eigenvalue weighted by Crippen LogP contribution is 2.12. The van der Waals surface area contributed by atoms with Crippen LogP contribution < -0.4 is 16.1 Å². The molecule has 1 aliphatic heterocycles. The summed E-state index contributed by atoms with van der Waals surface area (Å²) >= 11 is 0. The Morgan fingerprint density at radius 1 is 1.00 bits per heavy atom. The van der Waals surface area contributed by atoms with Gasteiger partial charge in [0.25, 0.3) is 5.56 Å². The van der Waals surface area contributed by atoms with Crippen molar-refractivity contribution in [3.63, 3.8) is 0 Å². The Morgan fingerprint density at radius 3 is 2.46 bits per heavy atom. The molecule has 0 spiro atoms. The number of carbonyl (C=O) groups is 1. The molecule has 0 unspecified atom stereocenters. The topological polar surface area (TPSA) is 104 Å². The van der Waals surface area contributed by atoms with Crippen molar-refractivity contribution in [3.05, 3.63) is 63.6 Å². The number of hydrogen-bond acceptors (Lipinski definition) is 6. The second-order valence-electron chi connectivity index (χ2n) is 6.59. The minimum absolute atomic E-state index is 0.0178. The number of H-pyrrole nitrogens is 1. The van der Waals surface area contributed by atoms with Crippen molar-refractivity contribution >= 4 is 22.8 Å². The molecule has 0 atom stereocenters. The highest BCUT2D eigenvalue weighted by Gasteiger charge is 2.22. The Balaban J connectivity index is 1.41. The van der Waals surface area contributed by atoms with Crippen LogP contribution in [0.4, 0.5) is 5.95 Å². The number of aryl methyl sites for hydroxylation is 1. The van der Waals surface area contributed by atoms with E-state index in [-0.39, 0.29) is 18.9 Å². The summed E-state index contributed by atoms with van der Waals surface area (Å²) in [5, 5.41) is 0.436. The average molecular weight is 380 g/mol. The zero-order valence-corrected chi connectivity index (χ0v) is 15.2. The highest BCUT2D eigenvalue weighted by atomic mass is 16.2. The first kappa shape index (κ1) is 17.9.